The minimum atomic E-state index is -0.133. The summed E-state index contributed by atoms with van der Waals surface area (Å²) in [5, 5.41) is 4.11. The molecule has 0 bridgehead atoms. The lowest BCUT2D eigenvalue weighted by atomic mass is 10.2. The minimum absolute atomic E-state index is 0.110. The highest BCUT2D eigenvalue weighted by Crippen LogP contribution is 2.40. The third-order valence-corrected chi connectivity index (χ3v) is 4.65. The van der Waals surface area contributed by atoms with Crippen LogP contribution in [0, 0.1) is 0 Å². The molecule has 3 aromatic heterocycles. The average molecular weight is 324 g/mol. The van der Waals surface area contributed by atoms with Gasteiger partial charge in [-0.15, -0.1) is 0 Å². The van der Waals surface area contributed by atoms with Gasteiger partial charge in [0.1, 0.15) is 5.69 Å². The van der Waals surface area contributed by atoms with E-state index in [1.807, 2.05) is 6.20 Å². The van der Waals surface area contributed by atoms with Crippen molar-refractivity contribution in [2.24, 2.45) is 0 Å². The van der Waals surface area contributed by atoms with Gasteiger partial charge in [-0.05, 0) is 31.7 Å². The molecule has 4 heterocycles. The number of fused-ring (bicyclic) bond motifs is 1. The summed E-state index contributed by atoms with van der Waals surface area (Å²) in [4.78, 5) is 27.7. The van der Waals surface area contributed by atoms with Gasteiger partial charge in [0.15, 0.2) is 5.82 Å². The number of likely N-dealkylation sites (tertiary alicyclic amines) is 1. The molecular weight excluding hydrogens is 308 g/mol. The Hall–Kier alpha value is -2.77. The van der Waals surface area contributed by atoms with E-state index < -0.39 is 0 Å². The SMILES string of the molecule is O=C(c1cn2cccnc2n1)N1CCC[C@@H]1c1noc(C2CC2)n1. The summed E-state index contributed by atoms with van der Waals surface area (Å²) in [6.07, 6.45) is 9.21. The fourth-order valence-electron chi connectivity index (χ4n) is 3.24. The summed E-state index contributed by atoms with van der Waals surface area (Å²) in [7, 11) is 0. The molecule has 2 fully saturated rings. The summed E-state index contributed by atoms with van der Waals surface area (Å²) in [6.45, 7) is 0.679. The molecule has 1 saturated heterocycles. The van der Waals surface area contributed by atoms with Crippen molar-refractivity contribution in [1.82, 2.24) is 29.4 Å². The summed E-state index contributed by atoms with van der Waals surface area (Å²) in [6, 6.07) is 1.67. The predicted molar refractivity (Wildman–Crippen MR) is 82.3 cm³/mol. The summed E-state index contributed by atoms with van der Waals surface area (Å²) in [5.41, 5.74) is 0.395. The van der Waals surface area contributed by atoms with E-state index in [9.17, 15) is 4.79 Å². The number of hydrogen-bond donors (Lipinski definition) is 0. The van der Waals surface area contributed by atoms with Gasteiger partial charge >= 0.3 is 0 Å². The van der Waals surface area contributed by atoms with Gasteiger partial charge in [0, 0.05) is 31.1 Å². The van der Waals surface area contributed by atoms with E-state index in [1.54, 1.807) is 27.8 Å². The summed E-state index contributed by atoms with van der Waals surface area (Å²) >= 11 is 0. The Morgan fingerprint density at radius 1 is 1.25 bits per heavy atom. The van der Waals surface area contributed by atoms with Crippen LogP contribution in [0.5, 0.6) is 0 Å². The Bertz CT molecular complexity index is 879. The Morgan fingerprint density at radius 3 is 3.00 bits per heavy atom. The second-order valence-electron chi connectivity index (χ2n) is 6.37. The number of hydrogen-bond acceptors (Lipinski definition) is 6. The number of rotatable bonds is 3. The molecule has 5 rings (SSSR count). The molecule has 0 N–H and O–H groups in total. The van der Waals surface area contributed by atoms with Crippen LogP contribution in [0.1, 0.15) is 59.8 Å². The molecule has 1 amide bonds. The van der Waals surface area contributed by atoms with Crippen LogP contribution in [-0.4, -0.2) is 41.9 Å². The van der Waals surface area contributed by atoms with E-state index in [1.165, 1.54) is 0 Å². The molecule has 0 unspecified atom stereocenters. The zero-order valence-corrected chi connectivity index (χ0v) is 13.0. The second kappa shape index (κ2) is 5.12. The zero-order valence-electron chi connectivity index (χ0n) is 13.0. The average Bonchev–Trinajstić information content (AvgIpc) is 3.06. The molecule has 0 aromatic carbocycles. The van der Waals surface area contributed by atoms with Crippen LogP contribution in [-0.2, 0) is 0 Å². The van der Waals surface area contributed by atoms with Crippen LogP contribution in [0.25, 0.3) is 5.78 Å². The molecule has 0 radical (unpaired) electrons. The molecule has 122 valence electrons. The molecule has 1 atom stereocenters. The normalized spacial score (nSPS) is 20.8. The number of nitrogens with zero attached hydrogens (tertiary/aromatic N) is 6. The van der Waals surface area contributed by atoms with Gasteiger partial charge in [0.05, 0.1) is 6.04 Å². The first-order valence-electron chi connectivity index (χ1n) is 8.24. The van der Waals surface area contributed by atoms with E-state index in [0.717, 1.165) is 25.7 Å². The molecule has 8 nitrogen and oxygen atoms in total. The van der Waals surface area contributed by atoms with Gasteiger partial charge in [-0.3, -0.25) is 9.20 Å². The van der Waals surface area contributed by atoms with Crippen LogP contribution < -0.4 is 0 Å². The molecule has 2 aliphatic rings. The van der Waals surface area contributed by atoms with Gasteiger partial charge in [-0.1, -0.05) is 5.16 Å². The van der Waals surface area contributed by atoms with Crippen LogP contribution in [0.15, 0.2) is 29.2 Å². The Balaban J connectivity index is 1.44. The van der Waals surface area contributed by atoms with Crippen molar-refractivity contribution in [2.75, 3.05) is 6.54 Å². The Labute approximate surface area is 137 Å². The topological polar surface area (TPSA) is 89.4 Å². The van der Waals surface area contributed by atoms with E-state index >= 15 is 0 Å². The first-order valence-corrected chi connectivity index (χ1v) is 8.24. The maximum absolute atomic E-state index is 12.9. The second-order valence-corrected chi connectivity index (χ2v) is 6.37. The molecular formula is C16H16N6O2. The highest BCUT2D eigenvalue weighted by Gasteiger charge is 2.37. The maximum atomic E-state index is 12.9. The molecule has 8 heteroatoms. The smallest absolute Gasteiger partial charge is 0.274 e. The minimum Gasteiger partial charge on any atom is -0.339 e. The molecule has 3 aromatic rings. The molecule has 0 spiro atoms. The first kappa shape index (κ1) is 13.6. The maximum Gasteiger partial charge on any atom is 0.274 e. The van der Waals surface area contributed by atoms with E-state index in [4.69, 9.17) is 4.52 Å². The van der Waals surface area contributed by atoms with Crippen molar-refractivity contribution in [3.05, 3.63) is 42.1 Å². The highest BCUT2D eigenvalue weighted by atomic mass is 16.5. The van der Waals surface area contributed by atoms with Crippen molar-refractivity contribution >= 4 is 11.7 Å². The largest absolute Gasteiger partial charge is 0.339 e. The van der Waals surface area contributed by atoms with Crippen molar-refractivity contribution in [3.63, 3.8) is 0 Å². The van der Waals surface area contributed by atoms with Crippen LogP contribution in [0.2, 0.25) is 0 Å². The number of imidazole rings is 1. The van der Waals surface area contributed by atoms with Crippen molar-refractivity contribution in [2.45, 2.75) is 37.6 Å². The van der Waals surface area contributed by atoms with Crippen LogP contribution >= 0.6 is 0 Å². The lowest BCUT2D eigenvalue weighted by Gasteiger charge is -2.20. The third kappa shape index (κ3) is 2.17. The lowest BCUT2D eigenvalue weighted by Crippen LogP contribution is -2.31. The lowest BCUT2D eigenvalue weighted by molar-refractivity contribution is 0.0723. The van der Waals surface area contributed by atoms with Gasteiger partial charge < -0.3 is 9.42 Å². The monoisotopic (exact) mass is 324 g/mol. The van der Waals surface area contributed by atoms with Crippen LogP contribution in [0.3, 0.4) is 0 Å². The Morgan fingerprint density at radius 2 is 2.17 bits per heavy atom. The number of carbonyl (C=O) groups excluding carboxylic acids is 1. The van der Waals surface area contributed by atoms with E-state index in [2.05, 4.69) is 20.1 Å². The fourth-order valence-corrected chi connectivity index (χ4v) is 3.24. The van der Waals surface area contributed by atoms with Gasteiger partial charge in [-0.2, -0.15) is 4.98 Å². The highest BCUT2D eigenvalue weighted by molar-refractivity contribution is 5.93. The molecule has 24 heavy (non-hydrogen) atoms. The molecule has 1 aliphatic carbocycles. The summed E-state index contributed by atoms with van der Waals surface area (Å²) in [5.74, 6) is 2.15. The standard InChI is InChI=1S/C16H16N6O2/c23-15(11-9-21-7-2-6-17-16(21)18-11)22-8-1-3-12(22)13-19-14(24-20-13)10-4-5-10/h2,6-7,9-10,12H,1,3-5,8H2/t12-/m1/s1. The fraction of sp³-hybridized carbons (Fsp3) is 0.438. The number of aromatic nitrogens is 5. The molecule has 1 aliphatic heterocycles. The molecule has 1 saturated carbocycles. The number of amides is 1. The Kier molecular flexibility index (Phi) is 2.91. The zero-order chi connectivity index (χ0) is 16.1. The number of carbonyl (C=O) groups is 1. The van der Waals surface area contributed by atoms with Gasteiger partial charge in [0.2, 0.25) is 11.7 Å². The van der Waals surface area contributed by atoms with E-state index in [-0.39, 0.29) is 11.9 Å². The van der Waals surface area contributed by atoms with Gasteiger partial charge in [0.25, 0.3) is 5.91 Å². The van der Waals surface area contributed by atoms with Crippen LogP contribution in [0.4, 0.5) is 0 Å². The first-order chi connectivity index (χ1) is 11.8. The van der Waals surface area contributed by atoms with E-state index in [0.29, 0.717) is 35.6 Å². The summed E-state index contributed by atoms with van der Waals surface area (Å²) < 4.78 is 7.10. The quantitative estimate of drug-likeness (QED) is 0.731. The van der Waals surface area contributed by atoms with Crippen molar-refractivity contribution in [1.29, 1.82) is 0 Å². The third-order valence-electron chi connectivity index (χ3n) is 4.65. The van der Waals surface area contributed by atoms with Gasteiger partial charge in [-0.25, -0.2) is 9.97 Å². The predicted octanol–water partition coefficient (Wildman–Crippen LogP) is 1.97. The van der Waals surface area contributed by atoms with Crippen molar-refractivity contribution in [3.8, 4) is 0 Å². The van der Waals surface area contributed by atoms with Crippen molar-refractivity contribution < 1.29 is 9.32 Å².